The lowest BCUT2D eigenvalue weighted by Gasteiger charge is -2.30. The van der Waals surface area contributed by atoms with Crippen LogP contribution in [-0.2, 0) is 4.79 Å². The molecule has 1 N–H and O–H groups in total. The lowest BCUT2D eigenvalue weighted by Crippen LogP contribution is -2.31. The van der Waals surface area contributed by atoms with Gasteiger partial charge in [-0.15, -0.1) is 0 Å². The van der Waals surface area contributed by atoms with Crippen LogP contribution in [0.5, 0.6) is 0 Å². The number of carbonyl (C=O) groups is 1. The molecule has 0 aliphatic carbocycles. The van der Waals surface area contributed by atoms with E-state index in [9.17, 15) is 4.79 Å². The molecule has 0 saturated carbocycles. The number of rotatable bonds is 11. The predicted octanol–water partition coefficient (Wildman–Crippen LogP) is 3.86. The van der Waals surface area contributed by atoms with Crippen molar-refractivity contribution in [1.29, 1.82) is 5.26 Å². The van der Waals surface area contributed by atoms with E-state index >= 15 is 0 Å². The average molecular weight is 290 g/mol. The minimum atomic E-state index is -0.692. The summed E-state index contributed by atoms with van der Waals surface area (Å²) in [6.07, 6.45) is 16.7. The first kappa shape index (κ1) is 17.3. The topological polar surface area (TPSA) is 64.3 Å². The molecular weight excluding hydrogens is 264 g/mol. The molecule has 21 heavy (non-hydrogen) atoms. The van der Waals surface area contributed by atoms with E-state index in [1.54, 1.807) is 0 Å². The lowest BCUT2D eigenvalue weighted by molar-refractivity contribution is -0.137. The molecule has 4 heteroatoms. The Balaban J connectivity index is 2.11. The van der Waals surface area contributed by atoms with Gasteiger partial charge in [0.25, 0.3) is 0 Å². The summed E-state index contributed by atoms with van der Waals surface area (Å²) in [5.41, 5.74) is 0. The van der Waals surface area contributed by atoms with Crippen LogP contribution in [0.15, 0.2) is 24.4 Å². The Hall–Kier alpha value is -1.76. The Morgan fingerprint density at radius 1 is 1.14 bits per heavy atom. The maximum Gasteiger partial charge on any atom is 0.303 e. The summed E-state index contributed by atoms with van der Waals surface area (Å²) in [7, 11) is 0. The highest BCUT2D eigenvalue weighted by molar-refractivity contribution is 5.66. The van der Waals surface area contributed by atoms with Gasteiger partial charge in [0, 0.05) is 25.4 Å². The van der Waals surface area contributed by atoms with Gasteiger partial charge < -0.3 is 10.0 Å². The van der Waals surface area contributed by atoms with Crippen molar-refractivity contribution in [1.82, 2.24) is 4.90 Å². The summed E-state index contributed by atoms with van der Waals surface area (Å²) in [6.45, 7) is 0.942. The normalized spacial score (nSPS) is 16.9. The zero-order valence-corrected chi connectivity index (χ0v) is 12.7. The van der Waals surface area contributed by atoms with E-state index in [0.717, 1.165) is 38.6 Å². The van der Waals surface area contributed by atoms with Gasteiger partial charge in [-0.1, -0.05) is 37.8 Å². The van der Waals surface area contributed by atoms with E-state index in [4.69, 9.17) is 10.4 Å². The van der Waals surface area contributed by atoms with Crippen molar-refractivity contribution >= 4 is 5.97 Å². The summed E-state index contributed by atoms with van der Waals surface area (Å²) >= 11 is 0. The molecule has 1 unspecified atom stereocenters. The van der Waals surface area contributed by atoms with Crippen LogP contribution in [0.1, 0.15) is 57.8 Å². The van der Waals surface area contributed by atoms with Crippen molar-refractivity contribution < 1.29 is 9.90 Å². The van der Waals surface area contributed by atoms with Gasteiger partial charge in [-0.2, -0.15) is 5.26 Å². The molecule has 1 rings (SSSR count). The lowest BCUT2D eigenvalue weighted by atomic mass is 10.0. The summed E-state index contributed by atoms with van der Waals surface area (Å²) in [5.74, 6) is -0.692. The van der Waals surface area contributed by atoms with Crippen molar-refractivity contribution in [3.8, 4) is 6.07 Å². The number of hydrogen-bond donors (Lipinski definition) is 1. The number of unbranched alkanes of at least 4 members (excludes halogenated alkanes) is 5. The van der Waals surface area contributed by atoms with Crippen LogP contribution >= 0.6 is 0 Å². The second-order valence-corrected chi connectivity index (χ2v) is 5.49. The van der Waals surface area contributed by atoms with Crippen LogP contribution in [0.2, 0.25) is 0 Å². The quantitative estimate of drug-likeness (QED) is 0.587. The van der Waals surface area contributed by atoms with Gasteiger partial charge in [0.15, 0.2) is 0 Å². The van der Waals surface area contributed by atoms with E-state index in [1.165, 1.54) is 12.8 Å². The monoisotopic (exact) mass is 290 g/mol. The minimum absolute atomic E-state index is 0.294. The van der Waals surface area contributed by atoms with Gasteiger partial charge in [0.2, 0.25) is 0 Å². The Morgan fingerprint density at radius 2 is 1.90 bits per heavy atom. The zero-order chi connectivity index (χ0) is 15.3. The highest BCUT2D eigenvalue weighted by Crippen LogP contribution is 2.17. The molecule has 0 aromatic rings. The highest BCUT2D eigenvalue weighted by Gasteiger charge is 2.13. The van der Waals surface area contributed by atoms with Crippen molar-refractivity contribution in [3.63, 3.8) is 0 Å². The van der Waals surface area contributed by atoms with E-state index in [1.807, 2.05) is 0 Å². The Labute approximate surface area is 127 Å². The highest BCUT2D eigenvalue weighted by atomic mass is 16.4. The van der Waals surface area contributed by atoms with E-state index in [2.05, 4.69) is 35.4 Å². The molecule has 1 atom stereocenters. The average Bonchev–Trinajstić information content (AvgIpc) is 2.47. The Morgan fingerprint density at radius 3 is 2.67 bits per heavy atom. The van der Waals surface area contributed by atoms with Crippen molar-refractivity contribution in [2.75, 3.05) is 6.54 Å². The smallest absolute Gasteiger partial charge is 0.303 e. The van der Waals surface area contributed by atoms with Crippen LogP contribution in [0.3, 0.4) is 0 Å². The third-order valence-electron chi connectivity index (χ3n) is 3.74. The van der Waals surface area contributed by atoms with Gasteiger partial charge in [0.05, 0.1) is 6.07 Å². The number of carboxylic acids is 1. The maximum atomic E-state index is 10.4. The number of allylic oxidation sites excluding steroid dienone is 2. The molecule has 4 nitrogen and oxygen atoms in total. The Kier molecular flexibility index (Phi) is 9.03. The molecule has 116 valence electrons. The summed E-state index contributed by atoms with van der Waals surface area (Å²) in [6, 6.07) is 2.64. The van der Waals surface area contributed by atoms with Gasteiger partial charge in [-0.3, -0.25) is 4.79 Å². The first-order chi connectivity index (χ1) is 10.2. The molecule has 1 heterocycles. The number of aliphatic carboxylic acids is 1. The molecule has 0 amide bonds. The molecule has 0 saturated heterocycles. The predicted molar refractivity (Wildman–Crippen MR) is 83.6 cm³/mol. The molecule has 0 bridgehead atoms. The van der Waals surface area contributed by atoms with Crippen LogP contribution in [0.25, 0.3) is 0 Å². The van der Waals surface area contributed by atoms with Crippen LogP contribution < -0.4 is 0 Å². The summed E-state index contributed by atoms with van der Waals surface area (Å²) in [5, 5.41) is 17.2. The molecule has 1 aliphatic heterocycles. The fourth-order valence-corrected chi connectivity index (χ4v) is 2.58. The zero-order valence-electron chi connectivity index (χ0n) is 12.7. The summed E-state index contributed by atoms with van der Waals surface area (Å²) in [4.78, 5) is 12.7. The van der Waals surface area contributed by atoms with Crippen molar-refractivity contribution in [2.24, 2.45) is 0 Å². The summed E-state index contributed by atoms with van der Waals surface area (Å²) < 4.78 is 0. The maximum absolute atomic E-state index is 10.4. The number of nitriles is 1. The van der Waals surface area contributed by atoms with E-state index in [0.29, 0.717) is 18.9 Å². The van der Waals surface area contributed by atoms with Gasteiger partial charge in [-0.05, 0) is 31.5 Å². The molecule has 0 aromatic carbocycles. The number of carboxylic acid groups (broad SMARTS) is 1. The van der Waals surface area contributed by atoms with Gasteiger partial charge >= 0.3 is 5.97 Å². The third kappa shape index (κ3) is 8.19. The van der Waals surface area contributed by atoms with Crippen LogP contribution in [0.4, 0.5) is 0 Å². The standard InChI is InChI=1S/C17H26N2O2/c18-13-7-9-15-19-14-8-6-11-16(19)10-4-2-1-3-5-12-17(20)21/h6,8,11,14,16H,1-5,7,9-10,12,15H2,(H,20,21). The second-order valence-electron chi connectivity index (χ2n) is 5.49. The minimum Gasteiger partial charge on any atom is -0.481 e. The van der Waals surface area contributed by atoms with Crippen molar-refractivity contribution in [2.45, 2.75) is 63.8 Å². The van der Waals surface area contributed by atoms with Crippen LogP contribution in [-0.4, -0.2) is 28.6 Å². The Bertz CT molecular complexity index is 396. The van der Waals surface area contributed by atoms with Gasteiger partial charge in [0.1, 0.15) is 0 Å². The van der Waals surface area contributed by atoms with E-state index < -0.39 is 5.97 Å². The third-order valence-corrected chi connectivity index (χ3v) is 3.74. The largest absolute Gasteiger partial charge is 0.481 e. The SMILES string of the molecule is N#CCCCN1C=CC=CC1CCCCCCCC(=O)O. The molecular formula is C17H26N2O2. The first-order valence-electron chi connectivity index (χ1n) is 7.93. The molecule has 0 fully saturated rings. The fourth-order valence-electron chi connectivity index (χ4n) is 2.58. The number of hydrogen-bond acceptors (Lipinski definition) is 3. The van der Waals surface area contributed by atoms with Gasteiger partial charge in [-0.25, -0.2) is 0 Å². The first-order valence-corrected chi connectivity index (χ1v) is 7.93. The van der Waals surface area contributed by atoms with E-state index in [-0.39, 0.29) is 0 Å². The fraction of sp³-hybridized carbons (Fsp3) is 0.647. The molecule has 1 aliphatic rings. The second kappa shape index (κ2) is 11.0. The van der Waals surface area contributed by atoms with Crippen molar-refractivity contribution in [3.05, 3.63) is 24.4 Å². The molecule has 0 aromatic heterocycles. The molecule has 0 radical (unpaired) electrons. The number of nitrogens with zero attached hydrogens (tertiary/aromatic N) is 2. The molecule has 0 spiro atoms. The van der Waals surface area contributed by atoms with Crippen LogP contribution in [0, 0.1) is 11.3 Å².